The smallest absolute Gasteiger partial charge is 0.229 e. The van der Waals surface area contributed by atoms with Gasteiger partial charge in [0.25, 0.3) is 0 Å². The predicted octanol–water partition coefficient (Wildman–Crippen LogP) is 1.91. The third-order valence-electron chi connectivity index (χ3n) is 4.25. The lowest BCUT2D eigenvalue weighted by molar-refractivity contribution is -0.122. The molecule has 1 amide bonds. The number of hydrogen-bond acceptors (Lipinski definition) is 6. The topological polar surface area (TPSA) is 97.0 Å². The van der Waals surface area contributed by atoms with Crippen LogP contribution in [0.25, 0.3) is 0 Å². The van der Waals surface area contributed by atoms with Gasteiger partial charge in [0.15, 0.2) is 0 Å². The number of hydrogen-bond donors (Lipinski definition) is 2. The van der Waals surface area contributed by atoms with Crippen molar-refractivity contribution in [1.29, 1.82) is 0 Å². The van der Waals surface area contributed by atoms with Crippen LogP contribution in [0.15, 0.2) is 0 Å². The van der Waals surface area contributed by atoms with Crippen LogP contribution in [0.2, 0.25) is 0 Å². The highest BCUT2D eigenvalue weighted by Gasteiger charge is 2.29. The van der Waals surface area contributed by atoms with E-state index in [9.17, 15) is 4.79 Å². The first-order valence-corrected chi connectivity index (χ1v) is 8.37. The number of nitrogens with two attached hydrogens (primary N) is 1. The van der Waals surface area contributed by atoms with Gasteiger partial charge in [-0.05, 0) is 12.8 Å². The second-order valence-electron chi connectivity index (χ2n) is 6.76. The molecule has 7 heteroatoms. The average molecular weight is 320 g/mol. The highest BCUT2D eigenvalue weighted by Crippen LogP contribution is 2.26. The maximum Gasteiger partial charge on any atom is 0.229 e. The number of nitrogens with zero attached hydrogens (tertiary/aromatic N) is 4. The molecule has 2 atom stereocenters. The van der Waals surface area contributed by atoms with Gasteiger partial charge in [-0.15, -0.1) is 0 Å². The van der Waals surface area contributed by atoms with Crippen molar-refractivity contribution >= 4 is 17.8 Å². The Morgan fingerprint density at radius 3 is 2.48 bits per heavy atom. The molecule has 1 aliphatic carbocycles. The van der Waals surface area contributed by atoms with E-state index in [1.165, 1.54) is 0 Å². The van der Waals surface area contributed by atoms with Crippen molar-refractivity contribution in [3.05, 3.63) is 5.82 Å². The van der Waals surface area contributed by atoms with Crippen molar-refractivity contribution in [3.63, 3.8) is 0 Å². The zero-order valence-corrected chi connectivity index (χ0v) is 14.5. The molecule has 3 N–H and O–H groups in total. The van der Waals surface area contributed by atoms with Gasteiger partial charge < -0.3 is 16.0 Å². The van der Waals surface area contributed by atoms with Crippen LogP contribution in [0, 0.1) is 5.92 Å². The minimum atomic E-state index is -0.240. The summed E-state index contributed by atoms with van der Waals surface area (Å²) < 4.78 is 0. The molecule has 1 aromatic rings. The van der Waals surface area contributed by atoms with Crippen LogP contribution in [0.1, 0.15) is 57.7 Å². The number of anilines is 2. The number of carbonyl (C=O) groups excluding carboxylic acids is 1. The SMILES string of the molecule is CC(C)c1nc(NC2CCCCCC2C(N)=O)nc(N(C)C)n1. The van der Waals surface area contributed by atoms with Crippen LogP contribution in [0.4, 0.5) is 11.9 Å². The fourth-order valence-electron chi connectivity index (χ4n) is 2.89. The summed E-state index contributed by atoms with van der Waals surface area (Å²) in [6.07, 6.45) is 5.01. The molecular formula is C16H28N6O. The first-order valence-electron chi connectivity index (χ1n) is 8.37. The molecule has 0 saturated heterocycles. The highest BCUT2D eigenvalue weighted by molar-refractivity contribution is 5.77. The van der Waals surface area contributed by atoms with Gasteiger partial charge in [-0.1, -0.05) is 33.1 Å². The van der Waals surface area contributed by atoms with E-state index in [2.05, 4.69) is 34.1 Å². The van der Waals surface area contributed by atoms with Crippen molar-refractivity contribution in [2.45, 2.75) is 57.9 Å². The summed E-state index contributed by atoms with van der Waals surface area (Å²) in [5, 5.41) is 3.35. The van der Waals surface area contributed by atoms with E-state index < -0.39 is 0 Å². The van der Waals surface area contributed by atoms with Gasteiger partial charge in [-0.3, -0.25) is 4.79 Å². The highest BCUT2D eigenvalue weighted by atomic mass is 16.1. The fourth-order valence-corrected chi connectivity index (χ4v) is 2.89. The Morgan fingerprint density at radius 2 is 1.87 bits per heavy atom. The van der Waals surface area contributed by atoms with Crippen molar-refractivity contribution in [3.8, 4) is 0 Å². The van der Waals surface area contributed by atoms with Crippen LogP contribution >= 0.6 is 0 Å². The quantitative estimate of drug-likeness (QED) is 0.804. The van der Waals surface area contributed by atoms with E-state index in [1.807, 2.05) is 19.0 Å². The van der Waals surface area contributed by atoms with Crippen molar-refractivity contribution in [2.75, 3.05) is 24.3 Å². The number of amides is 1. The summed E-state index contributed by atoms with van der Waals surface area (Å²) in [5.41, 5.74) is 5.60. The number of primary amides is 1. The summed E-state index contributed by atoms with van der Waals surface area (Å²) in [6, 6.07) is -0.00701. The number of nitrogens with one attached hydrogen (secondary N) is 1. The van der Waals surface area contributed by atoms with Crippen molar-refractivity contribution < 1.29 is 4.79 Å². The Balaban J connectivity index is 2.27. The summed E-state index contributed by atoms with van der Waals surface area (Å²) in [7, 11) is 3.81. The molecule has 128 valence electrons. The van der Waals surface area contributed by atoms with E-state index in [0.717, 1.165) is 37.9 Å². The molecule has 1 aromatic heterocycles. The van der Waals surface area contributed by atoms with Crippen LogP contribution < -0.4 is 16.0 Å². The van der Waals surface area contributed by atoms with Gasteiger partial charge in [0.05, 0.1) is 5.92 Å². The molecule has 1 fully saturated rings. The molecule has 0 bridgehead atoms. The van der Waals surface area contributed by atoms with Gasteiger partial charge in [0.2, 0.25) is 17.8 Å². The van der Waals surface area contributed by atoms with Crippen LogP contribution in [-0.4, -0.2) is 41.0 Å². The lowest BCUT2D eigenvalue weighted by Crippen LogP contribution is -2.38. The number of rotatable bonds is 5. The molecule has 0 aromatic carbocycles. The molecule has 2 unspecified atom stereocenters. The Labute approximate surface area is 138 Å². The number of aromatic nitrogens is 3. The van der Waals surface area contributed by atoms with E-state index >= 15 is 0 Å². The summed E-state index contributed by atoms with van der Waals surface area (Å²) in [4.78, 5) is 27.1. The van der Waals surface area contributed by atoms with Gasteiger partial charge in [-0.25, -0.2) is 0 Å². The van der Waals surface area contributed by atoms with Gasteiger partial charge in [-0.2, -0.15) is 15.0 Å². The maximum absolute atomic E-state index is 11.8. The lowest BCUT2D eigenvalue weighted by atomic mass is 9.94. The standard InChI is InChI=1S/C16H28N6O/c1-10(2)14-19-15(21-16(20-14)22(3)4)18-12-9-7-5-6-8-11(12)13(17)23/h10-12H,5-9H2,1-4H3,(H2,17,23)(H,18,19,20,21). The van der Waals surface area contributed by atoms with Crippen LogP contribution in [-0.2, 0) is 4.79 Å². The Kier molecular flexibility index (Phi) is 5.74. The monoisotopic (exact) mass is 320 g/mol. The third kappa shape index (κ3) is 4.53. The van der Waals surface area contributed by atoms with E-state index in [-0.39, 0.29) is 23.8 Å². The summed E-state index contributed by atoms with van der Waals surface area (Å²) >= 11 is 0. The first kappa shape index (κ1) is 17.4. The van der Waals surface area contributed by atoms with Crippen molar-refractivity contribution in [1.82, 2.24) is 15.0 Å². The van der Waals surface area contributed by atoms with Gasteiger partial charge >= 0.3 is 0 Å². The normalized spacial score (nSPS) is 21.8. The zero-order chi connectivity index (χ0) is 17.0. The molecule has 1 saturated carbocycles. The largest absolute Gasteiger partial charge is 0.369 e. The number of carbonyl (C=O) groups is 1. The second kappa shape index (κ2) is 7.57. The molecule has 0 radical (unpaired) electrons. The van der Waals surface area contributed by atoms with Crippen LogP contribution in [0.5, 0.6) is 0 Å². The molecular weight excluding hydrogens is 292 g/mol. The van der Waals surface area contributed by atoms with Gasteiger partial charge in [0, 0.05) is 26.1 Å². The summed E-state index contributed by atoms with van der Waals surface area (Å²) in [5.74, 6) is 1.70. The average Bonchev–Trinajstić information content (AvgIpc) is 2.72. The first-order chi connectivity index (χ1) is 10.9. The summed E-state index contributed by atoms with van der Waals surface area (Å²) in [6.45, 7) is 4.10. The Hall–Kier alpha value is -1.92. The van der Waals surface area contributed by atoms with E-state index in [1.54, 1.807) is 0 Å². The molecule has 23 heavy (non-hydrogen) atoms. The van der Waals surface area contributed by atoms with E-state index in [4.69, 9.17) is 5.73 Å². The Morgan fingerprint density at radius 1 is 1.17 bits per heavy atom. The van der Waals surface area contributed by atoms with E-state index in [0.29, 0.717) is 11.9 Å². The Bertz CT molecular complexity index is 519. The van der Waals surface area contributed by atoms with Crippen molar-refractivity contribution in [2.24, 2.45) is 11.7 Å². The minimum Gasteiger partial charge on any atom is -0.369 e. The predicted molar refractivity (Wildman–Crippen MR) is 91.4 cm³/mol. The van der Waals surface area contributed by atoms with Gasteiger partial charge in [0.1, 0.15) is 5.82 Å². The fraction of sp³-hybridized carbons (Fsp3) is 0.750. The molecule has 1 heterocycles. The molecule has 7 nitrogen and oxygen atoms in total. The van der Waals surface area contributed by atoms with Crippen LogP contribution in [0.3, 0.4) is 0 Å². The second-order valence-corrected chi connectivity index (χ2v) is 6.76. The molecule has 0 spiro atoms. The molecule has 0 aliphatic heterocycles. The zero-order valence-electron chi connectivity index (χ0n) is 14.5. The maximum atomic E-state index is 11.8. The third-order valence-corrected chi connectivity index (χ3v) is 4.25. The molecule has 2 rings (SSSR count). The lowest BCUT2D eigenvalue weighted by Gasteiger charge is -2.24. The molecule has 1 aliphatic rings. The minimum absolute atomic E-state index is 0.00701.